The number of piperidine rings is 1. The molecular formula is C19H19FN4S2. The number of halogens is 1. The van der Waals surface area contributed by atoms with Crippen LogP contribution in [0.3, 0.4) is 0 Å². The number of aryl methyl sites for hydroxylation is 1. The van der Waals surface area contributed by atoms with Gasteiger partial charge in [-0.25, -0.2) is 9.37 Å². The lowest BCUT2D eigenvalue weighted by molar-refractivity contribution is 0.384. The van der Waals surface area contributed by atoms with Crippen molar-refractivity contribution in [2.24, 2.45) is 7.05 Å². The van der Waals surface area contributed by atoms with Crippen molar-refractivity contribution in [1.82, 2.24) is 20.1 Å². The van der Waals surface area contributed by atoms with E-state index in [1.54, 1.807) is 33.4 Å². The SMILES string of the molecule is C[C@@H]1C[C@H](c2cc3sc(-c4cc(F)c5nn(C)cc5c4)nc3s2)CCN1. The predicted molar refractivity (Wildman–Crippen MR) is 107 cm³/mol. The second-order valence-corrected chi connectivity index (χ2v) is 9.21. The molecule has 0 amide bonds. The average molecular weight is 387 g/mol. The molecular weight excluding hydrogens is 367 g/mol. The molecule has 4 aromatic rings. The molecule has 1 aliphatic heterocycles. The summed E-state index contributed by atoms with van der Waals surface area (Å²) in [5.74, 6) is 0.339. The fourth-order valence-corrected chi connectivity index (χ4v) is 6.16. The minimum Gasteiger partial charge on any atom is -0.314 e. The number of nitrogens with one attached hydrogen (secondary N) is 1. The summed E-state index contributed by atoms with van der Waals surface area (Å²) in [4.78, 5) is 7.30. The zero-order valence-corrected chi connectivity index (χ0v) is 16.3. The highest BCUT2D eigenvalue weighted by Crippen LogP contribution is 2.41. The highest BCUT2D eigenvalue weighted by molar-refractivity contribution is 7.28. The van der Waals surface area contributed by atoms with Gasteiger partial charge in [0.05, 0.1) is 4.70 Å². The molecule has 4 heterocycles. The summed E-state index contributed by atoms with van der Waals surface area (Å²) in [6.45, 7) is 3.34. The maximum Gasteiger partial charge on any atom is 0.152 e. The van der Waals surface area contributed by atoms with Crippen molar-refractivity contribution in [1.29, 1.82) is 0 Å². The van der Waals surface area contributed by atoms with Crippen molar-refractivity contribution in [3.05, 3.63) is 35.1 Å². The van der Waals surface area contributed by atoms with Crippen LogP contribution in [-0.2, 0) is 7.05 Å². The minimum atomic E-state index is -0.291. The van der Waals surface area contributed by atoms with E-state index in [1.165, 1.54) is 22.4 Å². The molecule has 0 radical (unpaired) electrons. The summed E-state index contributed by atoms with van der Waals surface area (Å²) in [6, 6.07) is 6.39. The van der Waals surface area contributed by atoms with Crippen LogP contribution in [-0.4, -0.2) is 27.4 Å². The zero-order valence-electron chi connectivity index (χ0n) is 14.6. The Balaban J connectivity index is 1.51. The van der Waals surface area contributed by atoms with Crippen LogP contribution in [0.5, 0.6) is 0 Å². The topological polar surface area (TPSA) is 42.7 Å². The maximum absolute atomic E-state index is 14.4. The minimum absolute atomic E-state index is 0.291. The van der Waals surface area contributed by atoms with E-state index in [-0.39, 0.29) is 5.82 Å². The van der Waals surface area contributed by atoms with E-state index in [9.17, 15) is 4.39 Å². The molecule has 1 N–H and O–H groups in total. The van der Waals surface area contributed by atoms with Crippen LogP contribution in [0.1, 0.15) is 30.6 Å². The Morgan fingerprint density at radius 3 is 2.96 bits per heavy atom. The third-order valence-electron chi connectivity index (χ3n) is 5.06. The summed E-state index contributed by atoms with van der Waals surface area (Å²) < 4.78 is 17.2. The summed E-state index contributed by atoms with van der Waals surface area (Å²) >= 11 is 3.44. The normalized spacial score (nSPS) is 21.0. The number of benzene rings is 1. The zero-order chi connectivity index (χ0) is 17.8. The molecule has 0 unspecified atom stereocenters. The predicted octanol–water partition coefficient (Wildman–Crippen LogP) is 4.91. The molecule has 5 rings (SSSR count). The summed E-state index contributed by atoms with van der Waals surface area (Å²) in [5, 5.41) is 9.37. The van der Waals surface area contributed by atoms with E-state index in [2.05, 4.69) is 23.4 Å². The standard InChI is InChI=1S/C19H19FN4S2/c1-10-5-11(3-4-21-10)15-8-16-19(25-15)22-18(26-16)12-6-13-9-24(2)23-17(13)14(20)7-12/h6-11,21H,3-5H2,1-2H3/t10-,11-/m1/s1. The van der Waals surface area contributed by atoms with Crippen molar-refractivity contribution in [3.63, 3.8) is 0 Å². The molecule has 0 aliphatic carbocycles. The smallest absolute Gasteiger partial charge is 0.152 e. The van der Waals surface area contributed by atoms with Crippen LogP contribution >= 0.6 is 22.7 Å². The van der Waals surface area contributed by atoms with Gasteiger partial charge in [0.15, 0.2) is 5.82 Å². The molecule has 134 valence electrons. The fourth-order valence-electron chi connectivity index (χ4n) is 3.80. The van der Waals surface area contributed by atoms with Gasteiger partial charge in [0.2, 0.25) is 0 Å². The van der Waals surface area contributed by atoms with Crippen LogP contribution in [0, 0.1) is 5.82 Å². The number of rotatable bonds is 2. The molecule has 26 heavy (non-hydrogen) atoms. The monoisotopic (exact) mass is 386 g/mol. The fraction of sp³-hybridized carbons (Fsp3) is 0.368. The van der Waals surface area contributed by atoms with E-state index >= 15 is 0 Å². The van der Waals surface area contributed by atoms with Crippen LogP contribution in [0.4, 0.5) is 4.39 Å². The number of hydrogen-bond acceptors (Lipinski definition) is 5. The molecule has 1 saturated heterocycles. The molecule has 4 nitrogen and oxygen atoms in total. The number of thiazole rings is 1. The Morgan fingerprint density at radius 2 is 2.15 bits per heavy atom. The number of fused-ring (bicyclic) bond motifs is 2. The van der Waals surface area contributed by atoms with E-state index in [0.29, 0.717) is 17.5 Å². The molecule has 1 aliphatic rings. The first-order chi connectivity index (χ1) is 12.6. The lowest BCUT2D eigenvalue weighted by Crippen LogP contribution is -2.34. The number of hydrogen-bond donors (Lipinski definition) is 1. The average Bonchev–Trinajstić information content (AvgIpc) is 3.26. The summed E-state index contributed by atoms with van der Waals surface area (Å²) in [7, 11) is 1.81. The molecule has 0 saturated carbocycles. The third-order valence-corrected chi connectivity index (χ3v) is 7.43. The van der Waals surface area contributed by atoms with E-state index in [4.69, 9.17) is 4.98 Å². The largest absolute Gasteiger partial charge is 0.314 e. The first kappa shape index (κ1) is 16.4. The van der Waals surface area contributed by atoms with Crippen molar-refractivity contribution < 1.29 is 4.39 Å². The number of nitrogens with zero attached hydrogens (tertiary/aromatic N) is 3. The summed E-state index contributed by atoms with van der Waals surface area (Å²) in [6.07, 6.45) is 4.21. The van der Waals surface area contributed by atoms with Gasteiger partial charge in [0.25, 0.3) is 0 Å². The first-order valence-corrected chi connectivity index (χ1v) is 10.5. The third kappa shape index (κ3) is 2.74. The van der Waals surface area contributed by atoms with Crippen LogP contribution in [0.2, 0.25) is 0 Å². The molecule has 0 spiro atoms. The number of thiophene rings is 1. The molecule has 0 bridgehead atoms. The highest BCUT2D eigenvalue weighted by Gasteiger charge is 2.23. The van der Waals surface area contributed by atoms with Gasteiger partial charge in [-0.2, -0.15) is 5.10 Å². The Morgan fingerprint density at radius 1 is 1.27 bits per heavy atom. The lowest BCUT2D eigenvalue weighted by atomic mass is 9.92. The Kier molecular flexibility index (Phi) is 3.84. The van der Waals surface area contributed by atoms with Gasteiger partial charge >= 0.3 is 0 Å². The van der Waals surface area contributed by atoms with Crippen molar-refractivity contribution in [2.75, 3.05) is 6.54 Å². The molecule has 1 fully saturated rings. The Bertz CT molecular complexity index is 1080. The van der Waals surface area contributed by atoms with Crippen molar-refractivity contribution in [2.45, 2.75) is 31.7 Å². The van der Waals surface area contributed by atoms with Gasteiger partial charge in [-0.1, -0.05) is 0 Å². The van der Waals surface area contributed by atoms with E-state index in [0.717, 1.165) is 27.3 Å². The molecule has 7 heteroatoms. The van der Waals surface area contributed by atoms with Gasteiger partial charge in [-0.15, -0.1) is 22.7 Å². The lowest BCUT2D eigenvalue weighted by Gasteiger charge is -2.27. The molecule has 3 aromatic heterocycles. The number of aromatic nitrogens is 3. The van der Waals surface area contributed by atoms with Crippen LogP contribution in [0.25, 0.3) is 31.0 Å². The second-order valence-electron chi connectivity index (χ2n) is 7.11. The van der Waals surface area contributed by atoms with E-state index in [1.807, 2.05) is 19.3 Å². The second kappa shape index (κ2) is 6.11. The van der Waals surface area contributed by atoms with Gasteiger partial charge < -0.3 is 5.32 Å². The van der Waals surface area contributed by atoms with Gasteiger partial charge in [0.1, 0.15) is 15.4 Å². The van der Waals surface area contributed by atoms with Crippen LogP contribution in [0.15, 0.2) is 24.4 Å². The Labute approximate surface area is 158 Å². The molecule has 2 atom stereocenters. The van der Waals surface area contributed by atoms with Gasteiger partial charge in [-0.05, 0) is 50.4 Å². The van der Waals surface area contributed by atoms with Crippen molar-refractivity contribution >= 4 is 43.1 Å². The first-order valence-electron chi connectivity index (χ1n) is 8.84. The quantitative estimate of drug-likeness (QED) is 0.532. The van der Waals surface area contributed by atoms with Gasteiger partial charge in [-0.3, -0.25) is 4.68 Å². The van der Waals surface area contributed by atoms with E-state index < -0.39 is 0 Å². The molecule has 1 aromatic carbocycles. The van der Waals surface area contributed by atoms with Gasteiger partial charge in [0, 0.05) is 35.1 Å². The van der Waals surface area contributed by atoms with Crippen molar-refractivity contribution in [3.8, 4) is 10.6 Å². The van der Waals surface area contributed by atoms with Crippen LogP contribution < -0.4 is 5.32 Å². The maximum atomic E-state index is 14.4. The Hall–Kier alpha value is -1.83. The highest BCUT2D eigenvalue weighted by atomic mass is 32.1. The summed E-state index contributed by atoms with van der Waals surface area (Å²) in [5.41, 5.74) is 1.24.